The van der Waals surface area contributed by atoms with Gasteiger partial charge in [0, 0.05) is 13.2 Å². The van der Waals surface area contributed by atoms with Crippen molar-refractivity contribution < 1.29 is 9.47 Å². The maximum absolute atomic E-state index is 5.99. The monoisotopic (exact) mass is 288 g/mol. The Morgan fingerprint density at radius 3 is 2.39 bits per heavy atom. The Morgan fingerprint density at radius 1 is 1.06 bits per heavy atom. The molecule has 0 radical (unpaired) electrons. The molecule has 0 N–H and O–H groups in total. The van der Waals surface area contributed by atoms with Crippen LogP contribution >= 0.6 is 9.07 Å². The molecule has 2 nitrogen and oxygen atoms in total. The second-order valence-corrected chi connectivity index (χ2v) is 8.23. The van der Waals surface area contributed by atoms with Crippen molar-refractivity contribution >= 4 is 28.3 Å². The second-order valence-electron chi connectivity index (χ2n) is 5.60. The number of halogens is 1. The number of hydrogen-bond acceptors (Lipinski definition) is 2. The molecule has 18 heavy (non-hydrogen) atoms. The van der Waals surface area contributed by atoms with Crippen LogP contribution in [0.25, 0.3) is 0 Å². The van der Waals surface area contributed by atoms with Gasteiger partial charge in [-0.25, -0.2) is 0 Å². The minimum absolute atomic E-state index is 0.328. The third-order valence-corrected chi connectivity index (χ3v) is 5.67. The molecule has 0 saturated carbocycles. The van der Waals surface area contributed by atoms with Crippen LogP contribution in [0.4, 0.5) is 0 Å². The van der Waals surface area contributed by atoms with Gasteiger partial charge in [0.1, 0.15) is 6.79 Å². The lowest BCUT2D eigenvalue weighted by Gasteiger charge is -2.19. The van der Waals surface area contributed by atoms with E-state index in [0.29, 0.717) is 6.79 Å². The zero-order valence-corrected chi connectivity index (χ0v) is 14.8. The van der Waals surface area contributed by atoms with E-state index >= 15 is 0 Å². The Balaban J connectivity index is 3.43. The molecule has 0 aromatic rings. The van der Waals surface area contributed by atoms with Crippen LogP contribution in [0.2, 0.25) is 4.05 Å². The van der Waals surface area contributed by atoms with Gasteiger partial charge in [-0.1, -0.05) is 27.2 Å². The van der Waals surface area contributed by atoms with E-state index in [2.05, 4.69) is 20.8 Å². The summed E-state index contributed by atoms with van der Waals surface area (Å²) in [5, 5.41) is 0. The maximum Gasteiger partial charge on any atom is 0.504 e. The first-order valence-corrected chi connectivity index (χ1v) is 10.3. The van der Waals surface area contributed by atoms with E-state index in [0.717, 1.165) is 35.5 Å². The van der Waals surface area contributed by atoms with Gasteiger partial charge in [-0.05, 0) is 38.0 Å². The molecule has 3 atom stereocenters. The van der Waals surface area contributed by atoms with E-state index < -0.39 is 0 Å². The molecule has 4 heteroatoms. The fraction of sp³-hybridized carbons (Fsp3) is 1.00. The van der Waals surface area contributed by atoms with Crippen molar-refractivity contribution in [1.82, 2.24) is 0 Å². The van der Waals surface area contributed by atoms with Crippen molar-refractivity contribution in [1.29, 1.82) is 0 Å². The maximum atomic E-state index is 5.99. The van der Waals surface area contributed by atoms with Gasteiger partial charge in [-0.3, -0.25) is 0 Å². The van der Waals surface area contributed by atoms with Gasteiger partial charge in [0.05, 0.1) is 0 Å². The topological polar surface area (TPSA) is 18.5 Å². The van der Waals surface area contributed by atoms with Crippen molar-refractivity contribution in [3.05, 3.63) is 0 Å². The predicted molar refractivity (Wildman–Crippen MR) is 80.3 cm³/mol. The smallest absolute Gasteiger partial charge is 0.356 e. The Kier molecular flexibility index (Phi) is 13.7. The fourth-order valence-corrected chi connectivity index (χ4v) is 3.46. The quantitative estimate of drug-likeness (QED) is 0.299. The number of ether oxygens (including phenoxy) is 2. The largest absolute Gasteiger partial charge is 0.504 e. The number of hydrogen-bond donors (Lipinski definition) is 0. The molecule has 106 valence electrons. The van der Waals surface area contributed by atoms with E-state index in [9.17, 15) is 0 Å². The summed E-state index contributed by atoms with van der Waals surface area (Å²) in [4.78, 5) is 0. The van der Waals surface area contributed by atoms with Crippen LogP contribution in [-0.4, -0.2) is 39.3 Å². The van der Waals surface area contributed by atoms with Gasteiger partial charge in [-0.2, -0.15) is 0 Å². The average molecular weight is 289 g/mol. The lowest BCUT2D eigenvalue weighted by molar-refractivity contribution is -0.0508. The Hall–Kier alpha value is 0.976. The molecule has 0 aromatic carbocycles. The van der Waals surface area contributed by atoms with Crippen molar-refractivity contribution in [3.8, 4) is 0 Å². The molecule has 0 amide bonds. The highest BCUT2D eigenvalue weighted by Crippen LogP contribution is 2.24. The molecule has 0 fully saturated rings. The Morgan fingerprint density at radius 2 is 1.78 bits per heavy atom. The average Bonchev–Trinajstić information content (AvgIpc) is 2.33. The van der Waals surface area contributed by atoms with Crippen molar-refractivity contribution in [3.63, 3.8) is 0 Å². The first-order chi connectivity index (χ1) is 8.60. The molecule has 0 spiro atoms. The highest BCUT2D eigenvalue weighted by Gasteiger charge is 2.13. The van der Waals surface area contributed by atoms with Gasteiger partial charge < -0.3 is 18.5 Å². The lowest BCUT2D eigenvalue weighted by Crippen LogP contribution is -2.08. The van der Waals surface area contributed by atoms with Gasteiger partial charge >= 0.3 is 19.3 Å². The van der Waals surface area contributed by atoms with Crippen LogP contribution in [0, 0.1) is 11.8 Å². The molecule has 0 aliphatic heterocycles. The van der Waals surface area contributed by atoms with Crippen molar-refractivity contribution in [2.24, 2.45) is 11.8 Å². The van der Waals surface area contributed by atoms with Crippen LogP contribution in [0.1, 0.15) is 53.4 Å². The van der Waals surface area contributed by atoms with E-state index in [4.69, 9.17) is 18.5 Å². The molecule has 3 unspecified atom stereocenters. The minimum Gasteiger partial charge on any atom is -0.356 e. The summed E-state index contributed by atoms with van der Waals surface area (Å²) in [5.74, 6) is 1.60. The molecule has 0 bridgehead atoms. The fourth-order valence-electron chi connectivity index (χ4n) is 2.39. The van der Waals surface area contributed by atoms with Crippen molar-refractivity contribution in [2.75, 3.05) is 20.0 Å². The predicted octanol–water partition coefficient (Wildman–Crippen LogP) is 4.50. The van der Waals surface area contributed by atoms with Crippen LogP contribution in [-0.2, 0) is 9.47 Å². The highest BCUT2D eigenvalue weighted by molar-refractivity contribution is 6.94. The first-order valence-electron chi connectivity index (χ1n) is 7.31. The zero-order valence-electron chi connectivity index (χ0n) is 12.6. The van der Waals surface area contributed by atoms with E-state index in [1.54, 1.807) is 0 Å². The summed E-state index contributed by atoms with van der Waals surface area (Å²) in [5.41, 5.74) is 0. The van der Waals surface area contributed by atoms with Crippen LogP contribution in [0.15, 0.2) is 0 Å². The zero-order chi connectivity index (χ0) is 13.8. The first kappa shape index (κ1) is 19.0. The Labute approximate surface area is 127 Å². The molecular weight excluding hydrogens is 260 g/mol. The Bertz CT molecular complexity index is 181. The van der Waals surface area contributed by atoms with Crippen LogP contribution < -0.4 is 0 Å². The lowest BCUT2D eigenvalue weighted by atomic mass is 9.91. The van der Waals surface area contributed by atoms with E-state index in [1.165, 1.54) is 19.3 Å². The van der Waals surface area contributed by atoms with Gasteiger partial charge in [0.15, 0.2) is 0 Å². The normalized spacial score (nSPS) is 16.1. The third-order valence-electron chi connectivity index (χ3n) is 3.23. The van der Waals surface area contributed by atoms with Gasteiger partial charge in [0.2, 0.25) is 0 Å². The standard InChI is InChI=1S/C14H29O2.ClH.Mg/c1-5-8-13(3)11-14(4)9-7-10-16-12-15-6-2;;/h5,13-14H,6-12H2,1-4H3;1H;/q;;+1/p-1. The van der Waals surface area contributed by atoms with E-state index in [1.807, 2.05) is 6.92 Å². The molecule has 0 aromatic heterocycles. The summed E-state index contributed by atoms with van der Waals surface area (Å²) in [6, 6.07) is 0. The summed E-state index contributed by atoms with van der Waals surface area (Å²) < 4.78 is 11.3. The van der Waals surface area contributed by atoms with Crippen molar-refractivity contribution in [2.45, 2.75) is 57.4 Å². The summed E-state index contributed by atoms with van der Waals surface area (Å²) in [6.45, 7) is 11.0. The highest BCUT2D eigenvalue weighted by atomic mass is 35.5. The summed E-state index contributed by atoms with van der Waals surface area (Å²) in [6.07, 6.45) is 5.02. The molecule has 0 aliphatic carbocycles. The molecular formula is C14H29ClMgO2. The van der Waals surface area contributed by atoms with Gasteiger partial charge in [-0.15, -0.1) is 4.05 Å². The summed E-state index contributed by atoms with van der Waals surface area (Å²) in [7, 11) is 5.99. The van der Waals surface area contributed by atoms with Crippen LogP contribution in [0.5, 0.6) is 0 Å². The van der Waals surface area contributed by atoms with E-state index in [-0.39, 0.29) is 19.3 Å². The summed E-state index contributed by atoms with van der Waals surface area (Å²) >= 11 is -0.328. The minimum atomic E-state index is -0.328. The van der Waals surface area contributed by atoms with Crippen LogP contribution in [0.3, 0.4) is 0 Å². The molecule has 0 saturated heterocycles. The number of rotatable bonds is 12. The molecule has 0 heterocycles. The second kappa shape index (κ2) is 13.0. The SMILES string of the molecule is CCOCOCCCC(C)CC(C)C[CH](C)[Mg][Cl]. The molecule has 0 aliphatic rings. The third kappa shape index (κ3) is 12.0. The molecule has 0 rings (SSSR count). The van der Waals surface area contributed by atoms with Gasteiger partial charge in [0.25, 0.3) is 0 Å².